The smallest absolute Gasteiger partial charge is 0.308 e. The van der Waals surface area contributed by atoms with Gasteiger partial charge in [0.1, 0.15) is 5.75 Å². The molecule has 1 heterocycles. The summed E-state index contributed by atoms with van der Waals surface area (Å²) in [6.45, 7) is 3.67. The molecule has 0 spiro atoms. The quantitative estimate of drug-likeness (QED) is 0.462. The standard InChI is InChI=1S/C17H16N2O6/c1-10(20)23-15-6-5-13(17(24-11(2)21)25-12(3)22)9-14(15)16-18-7-4-8-19-16/h4-9,17H,1-3H3. The lowest BCUT2D eigenvalue weighted by Crippen LogP contribution is -2.15. The fourth-order valence-corrected chi connectivity index (χ4v) is 2.01. The van der Waals surface area contributed by atoms with E-state index in [0.29, 0.717) is 17.0 Å². The highest BCUT2D eigenvalue weighted by Gasteiger charge is 2.21. The molecule has 0 aliphatic rings. The van der Waals surface area contributed by atoms with Gasteiger partial charge in [-0.1, -0.05) is 0 Å². The van der Waals surface area contributed by atoms with E-state index in [-0.39, 0.29) is 5.75 Å². The van der Waals surface area contributed by atoms with Gasteiger partial charge in [0.15, 0.2) is 5.82 Å². The van der Waals surface area contributed by atoms with E-state index in [1.807, 2.05) is 0 Å². The Bertz CT molecular complexity index is 775. The molecule has 0 aliphatic carbocycles. The van der Waals surface area contributed by atoms with Crippen LogP contribution in [0, 0.1) is 0 Å². The van der Waals surface area contributed by atoms with Crippen LogP contribution in [0.3, 0.4) is 0 Å². The van der Waals surface area contributed by atoms with Gasteiger partial charge in [-0.15, -0.1) is 0 Å². The van der Waals surface area contributed by atoms with Crippen LogP contribution in [0.25, 0.3) is 11.4 Å². The van der Waals surface area contributed by atoms with Crippen molar-refractivity contribution in [3.05, 3.63) is 42.2 Å². The van der Waals surface area contributed by atoms with Crippen molar-refractivity contribution >= 4 is 17.9 Å². The molecule has 1 aromatic heterocycles. The van der Waals surface area contributed by atoms with Crippen molar-refractivity contribution in [2.45, 2.75) is 27.1 Å². The summed E-state index contributed by atoms with van der Waals surface area (Å²) in [5.41, 5.74) is 0.751. The predicted octanol–water partition coefficient (Wildman–Crippen LogP) is 2.19. The van der Waals surface area contributed by atoms with Crippen LogP contribution < -0.4 is 4.74 Å². The molecule has 0 saturated carbocycles. The molecular formula is C17H16N2O6. The Morgan fingerprint density at radius 1 is 0.920 bits per heavy atom. The van der Waals surface area contributed by atoms with Gasteiger partial charge in [0.2, 0.25) is 0 Å². The summed E-state index contributed by atoms with van der Waals surface area (Å²) in [6, 6.07) is 6.17. The Hall–Kier alpha value is -3.29. The van der Waals surface area contributed by atoms with E-state index in [2.05, 4.69) is 9.97 Å². The Morgan fingerprint density at radius 2 is 1.52 bits per heavy atom. The molecule has 0 saturated heterocycles. The normalized spacial score (nSPS) is 10.2. The van der Waals surface area contributed by atoms with Crippen LogP contribution >= 0.6 is 0 Å². The predicted molar refractivity (Wildman–Crippen MR) is 85.1 cm³/mol. The number of carbonyl (C=O) groups excluding carboxylic acids is 3. The fourth-order valence-electron chi connectivity index (χ4n) is 2.01. The number of hydrogen-bond donors (Lipinski definition) is 0. The number of rotatable bonds is 5. The summed E-state index contributed by atoms with van der Waals surface area (Å²) in [7, 11) is 0. The molecule has 8 nitrogen and oxygen atoms in total. The molecule has 2 rings (SSSR count). The lowest BCUT2D eigenvalue weighted by molar-refractivity contribution is -0.186. The zero-order valence-electron chi connectivity index (χ0n) is 13.9. The second-order valence-electron chi connectivity index (χ2n) is 4.97. The number of ether oxygens (including phenoxy) is 3. The van der Waals surface area contributed by atoms with Gasteiger partial charge in [-0.05, 0) is 24.3 Å². The second-order valence-corrected chi connectivity index (χ2v) is 4.97. The zero-order valence-corrected chi connectivity index (χ0v) is 13.9. The number of carbonyl (C=O) groups is 3. The van der Waals surface area contributed by atoms with Crippen LogP contribution in [0.4, 0.5) is 0 Å². The maximum atomic E-state index is 11.3. The van der Waals surface area contributed by atoms with Crippen LogP contribution in [0.2, 0.25) is 0 Å². The molecule has 8 heteroatoms. The number of hydrogen-bond acceptors (Lipinski definition) is 8. The molecule has 0 atom stereocenters. The molecule has 0 bridgehead atoms. The van der Waals surface area contributed by atoms with E-state index < -0.39 is 24.2 Å². The van der Waals surface area contributed by atoms with Crippen molar-refractivity contribution < 1.29 is 28.6 Å². The van der Waals surface area contributed by atoms with Gasteiger partial charge >= 0.3 is 17.9 Å². The third-order valence-electron chi connectivity index (χ3n) is 2.88. The van der Waals surface area contributed by atoms with Crippen molar-refractivity contribution in [3.8, 4) is 17.1 Å². The van der Waals surface area contributed by atoms with Crippen molar-refractivity contribution in [2.75, 3.05) is 0 Å². The monoisotopic (exact) mass is 344 g/mol. The summed E-state index contributed by atoms with van der Waals surface area (Å²) in [5.74, 6) is -1.22. The number of esters is 3. The van der Waals surface area contributed by atoms with E-state index in [4.69, 9.17) is 14.2 Å². The number of benzene rings is 1. The second kappa shape index (κ2) is 8.00. The lowest BCUT2D eigenvalue weighted by atomic mass is 10.1. The van der Waals surface area contributed by atoms with Crippen molar-refractivity contribution in [1.29, 1.82) is 0 Å². The lowest BCUT2D eigenvalue weighted by Gasteiger charge is -2.18. The largest absolute Gasteiger partial charge is 0.426 e. The first-order valence-corrected chi connectivity index (χ1v) is 7.31. The molecule has 1 aromatic carbocycles. The fraction of sp³-hybridized carbons (Fsp3) is 0.235. The summed E-state index contributed by atoms with van der Waals surface area (Å²) >= 11 is 0. The zero-order chi connectivity index (χ0) is 18.4. The maximum absolute atomic E-state index is 11.3. The van der Waals surface area contributed by atoms with Crippen LogP contribution in [0.1, 0.15) is 32.6 Å². The van der Waals surface area contributed by atoms with Crippen LogP contribution in [-0.2, 0) is 23.9 Å². The molecule has 0 fully saturated rings. The molecule has 0 aliphatic heterocycles. The first kappa shape index (κ1) is 18.1. The Kier molecular flexibility index (Phi) is 5.78. The molecule has 0 N–H and O–H groups in total. The Balaban J connectivity index is 2.50. The minimum Gasteiger partial charge on any atom is -0.426 e. The summed E-state index contributed by atoms with van der Waals surface area (Å²) in [5, 5.41) is 0. The third kappa shape index (κ3) is 5.10. The van der Waals surface area contributed by atoms with Gasteiger partial charge in [0.05, 0.1) is 5.56 Å². The highest BCUT2D eigenvalue weighted by atomic mass is 16.7. The summed E-state index contributed by atoms with van der Waals surface area (Å²) in [6.07, 6.45) is 1.83. The van der Waals surface area contributed by atoms with Gasteiger partial charge < -0.3 is 14.2 Å². The maximum Gasteiger partial charge on any atom is 0.308 e. The van der Waals surface area contributed by atoms with E-state index in [1.54, 1.807) is 6.07 Å². The Morgan fingerprint density at radius 3 is 2.04 bits per heavy atom. The van der Waals surface area contributed by atoms with E-state index in [0.717, 1.165) is 0 Å². The molecule has 2 aromatic rings. The van der Waals surface area contributed by atoms with Crippen LogP contribution in [0.15, 0.2) is 36.7 Å². The molecule has 0 unspecified atom stereocenters. The van der Waals surface area contributed by atoms with Crippen LogP contribution in [0.5, 0.6) is 5.75 Å². The average molecular weight is 344 g/mol. The molecule has 0 radical (unpaired) electrons. The van der Waals surface area contributed by atoms with E-state index in [9.17, 15) is 14.4 Å². The van der Waals surface area contributed by atoms with Crippen molar-refractivity contribution in [3.63, 3.8) is 0 Å². The topological polar surface area (TPSA) is 105 Å². The molecule has 25 heavy (non-hydrogen) atoms. The SMILES string of the molecule is CC(=O)Oc1ccc(C(OC(C)=O)OC(C)=O)cc1-c1ncccn1. The third-order valence-corrected chi connectivity index (χ3v) is 2.88. The minimum atomic E-state index is -1.23. The first-order chi connectivity index (χ1) is 11.9. The van der Waals surface area contributed by atoms with Gasteiger partial charge in [0.25, 0.3) is 6.29 Å². The number of nitrogens with zero attached hydrogens (tertiary/aromatic N) is 2. The molecular weight excluding hydrogens is 328 g/mol. The molecule has 130 valence electrons. The summed E-state index contributed by atoms with van der Waals surface area (Å²) in [4.78, 5) is 42.1. The van der Waals surface area contributed by atoms with E-state index >= 15 is 0 Å². The molecule has 0 amide bonds. The van der Waals surface area contributed by atoms with Gasteiger partial charge in [-0.2, -0.15) is 0 Å². The van der Waals surface area contributed by atoms with Gasteiger partial charge in [-0.3, -0.25) is 14.4 Å². The van der Waals surface area contributed by atoms with Gasteiger partial charge in [0, 0.05) is 38.7 Å². The Labute approximate surface area is 143 Å². The highest BCUT2D eigenvalue weighted by Crippen LogP contribution is 2.32. The van der Waals surface area contributed by atoms with Crippen LogP contribution in [-0.4, -0.2) is 27.9 Å². The van der Waals surface area contributed by atoms with E-state index in [1.165, 1.54) is 51.4 Å². The number of aromatic nitrogens is 2. The van der Waals surface area contributed by atoms with Crippen molar-refractivity contribution in [2.24, 2.45) is 0 Å². The van der Waals surface area contributed by atoms with Gasteiger partial charge in [-0.25, -0.2) is 9.97 Å². The highest BCUT2D eigenvalue weighted by molar-refractivity contribution is 5.75. The minimum absolute atomic E-state index is 0.229. The summed E-state index contributed by atoms with van der Waals surface area (Å²) < 4.78 is 15.2. The average Bonchev–Trinajstić information content (AvgIpc) is 2.54. The van der Waals surface area contributed by atoms with Crippen molar-refractivity contribution in [1.82, 2.24) is 9.97 Å². The first-order valence-electron chi connectivity index (χ1n) is 7.31.